The van der Waals surface area contributed by atoms with Crippen LogP contribution in [0.25, 0.3) is 39.3 Å². The van der Waals surface area contributed by atoms with Crippen LogP contribution in [0.5, 0.6) is 5.75 Å². The molecule has 0 spiro atoms. The van der Waals surface area contributed by atoms with E-state index in [-0.39, 0.29) is 33.9 Å². The second kappa shape index (κ2) is 7.90. The molecule has 0 aliphatic carbocycles. The van der Waals surface area contributed by atoms with Gasteiger partial charge in [0, 0.05) is 37.6 Å². The standard InChI is InChI=1S/C24H20F3N5O3/c1-12-17(22-29-19-15(34-4)10-14(31(2)3)11-16(19)35-22)23(33)32-21(28-12)18(13-8-6-5-7-9-13)20(30-32)24(25,26)27/h5-11,28H,1-4H3. The Hall–Kier alpha value is -4.28. The van der Waals surface area contributed by atoms with Crippen LogP contribution in [-0.2, 0) is 6.18 Å². The van der Waals surface area contributed by atoms with E-state index < -0.39 is 17.4 Å². The second-order valence-electron chi connectivity index (χ2n) is 8.19. The van der Waals surface area contributed by atoms with E-state index >= 15 is 0 Å². The molecule has 180 valence electrons. The van der Waals surface area contributed by atoms with Gasteiger partial charge >= 0.3 is 6.18 Å². The molecule has 0 atom stereocenters. The minimum Gasteiger partial charge on any atom is -0.494 e. The number of aromatic nitrogens is 4. The molecule has 0 saturated heterocycles. The molecule has 0 aliphatic heterocycles. The molecule has 5 aromatic rings. The quantitative estimate of drug-likeness (QED) is 0.391. The molecule has 0 fully saturated rings. The fourth-order valence-corrected chi connectivity index (χ4v) is 4.02. The third kappa shape index (κ3) is 3.59. The summed E-state index contributed by atoms with van der Waals surface area (Å²) in [6, 6.07) is 11.5. The number of hydrogen-bond acceptors (Lipinski definition) is 6. The third-order valence-electron chi connectivity index (χ3n) is 5.70. The highest BCUT2D eigenvalue weighted by Crippen LogP contribution is 2.39. The molecule has 0 aliphatic rings. The first-order valence-corrected chi connectivity index (χ1v) is 10.5. The monoisotopic (exact) mass is 483 g/mol. The molecule has 3 aromatic heterocycles. The molecule has 0 unspecified atom stereocenters. The van der Waals surface area contributed by atoms with Crippen LogP contribution in [0.4, 0.5) is 18.9 Å². The predicted octanol–water partition coefficient (Wildman–Crippen LogP) is 4.90. The summed E-state index contributed by atoms with van der Waals surface area (Å²) in [7, 11) is 5.18. The van der Waals surface area contributed by atoms with Crippen LogP contribution in [0.15, 0.2) is 51.7 Å². The number of anilines is 1. The Morgan fingerprint density at radius 1 is 1.11 bits per heavy atom. The summed E-state index contributed by atoms with van der Waals surface area (Å²) < 4.78 is 53.8. The van der Waals surface area contributed by atoms with E-state index in [4.69, 9.17) is 9.15 Å². The summed E-state index contributed by atoms with van der Waals surface area (Å²) in [5.41, 5.74) is -0.168. The Morgan fingerprint density at radius 2 is 1.83 bits per heavy atom. The van der Waals surface area contributed by atoms with Gasteiger partial charge in [0.05, 0.1) is 12.7 Å². The Morgan fingerprint density at radius 3 is 2.46 bits per heavy atom. The summed E-state index contributed by atoms with van der Waals surface area (Å²) in [6.07, 6.45) is -4.78. The summed E-state index contributed by atoms with van der Waals surface area (Å²) in [6.45, 7) is 1.57. The lowest BCUT2D eigenvalue weighted by atomic mass is 10.1. The molecule has 35 heavy (non-hydrogen) atoms. The maximum Gasteiger partial charge on any atom is 0.435 e. The molecule has 5 rings (SSSR count). The van der Waals surface area contributed by atoms with Crippen LogP contribution < -0.4 is 15.2 Å². The lowest BCUT2D eigenvalue weighted by Crippen LogP contribution is -2.19. The Kier molecular flexibility index (Phi) is 5.08. The van der Waals surface area contributed by atoms with Gasteiger partial charge in [-0.25, -0.2) is 4.98 Å². The number of ether oxygens (including phenoxy) is 1. The van der Waals surface area contributed by atoms with Crippen LogP contribution in [0.1, 0.15) is 11.4 Å². The molecular weight excluding hydrogens is 463 g/mol. The molecule has 0 saturated carbocycles. The smallest absolute Gasteiger partial charge is 0.435 e. The van der Waals surface area contributed by atoms with E-state index in [1.54, 1.807) is 37.3 Å². The van der Waals surface area contributed by atoms with E-state index in [1.807, 2.05) is 19.0 Å². The van der Waals surface area contributed by atoms with Crippen molar-refractivity contribution in [2.45, 2.75) is 13.1 Å². The number of rotatable bonds is 4. The number of fused-ring (bicyclic) bond motifs is 2. The number of nitrogens with one attached hydrogen (secondary N) is 1. The number of aryl methyl sites for hydroxylation is 1. The predicted molar refractivity (Wildman–Crippen MR) is 125 cm³/mol. The molecule has 11 heteroatoms. The minimum absolute atomic E-state index is 0.0296. The van der Waals surface area contributed by atoms with Crippen molar-refractivity contribution < 1.29 is 22.3 Å². The van der Waals surface area contributed by atoms with Crippen molar-refractivity contribution >= 4 is 22.4 Å². The SMILES string of the molecule is COc1cc(N(C)C)cc2oc(-c3c(C)[nH]c4c(-c5ccccc5)c(C(F)(F)F)nn4c3=O)nc12. The van der Waals surface area contributed by atoms with Crippen molar-refractivity contribution in [2.75, 3.05) is 26.1 Å². The molecular formula is C24H20F3N5O3. The van der Waals surface area contributed by atoms with Crippen molar-refractivity contribution in [2.24, 2.45) is 0 Å². The zero-order valence-electron chi connectivity index (χ0n) is 19.2. The van der Waals surface area contributed by atoms with Crippen LogP contribution in [0.3, 0.4) is 0 Å². The van der Waals surface area contributed by atoms with Gasteiger partial charge in [-0.15, -0.1) is 0 Å². The fraction of sp³-hybridized carbons (Fsp3) is 0.208. The number of oxazole rings is 1. The first-order valence-electron chi connectivity index (χ1n) is 10.5. The van der Waals surface area contributed by atoms with Gasteiger partial charge in [-0.2, -0.15) is 22.8 Å². The molecule has 2 aromatic carbocycles. The average molecular weight is 483 g/mol. The van der Waals surface area contributed by atoms with Gasteiger partial charge in [0.15, 0.2) is 22.5 Å². The number of halogens is 3. The lowest BCUT2D eigenvalue weighted by Gasteiger charge is -2.13. The molecule has 3 heterocycles. The van der Waals surface area contributed by atoms with Crippen molar-refractivity contribution in [3.05, 3.63) is 64.2 Å². The van der Waals surface area contributed by atoms with Crippen molar-refractivity contribution in [1.29, 1.82) is 0 Å². The Balaban J connectivity index is 1.80. The van der Waals surface area contributed by atoms with Gasteiger partial charge in [0.2, 0.25) is 5.89 Å². The van der Waals surface area contributed by atoms with Crippen LogP contribution in [-0.4, -0.2) is 40.8 Å². The summed E-state index contributed by atoms with van der Waals surface area (Å²) in [5.74, 6) is 0.376. The van der Waals surface area contributed by atoms with Gasteiger partial charge in [0.1, 0.15) is 11.2 Å². The van der Waals surface area contributed by atoms with Gasteiger partial charge in [-0.3, -0.25) is 4.79 Å². The number of nitrogens with zero attached hydrogens (tertiary/aromatic N) is 4. The van der Waals surface area contributed by atoms with Gasteiger partial charge in [0.25, 0.3) is 5.56 Å². The maximum absolute atomic E-state index is 13.9. The first kappa shape index (κ1) is 22.5. The largest absolute Gasteiger partial charge is 0.494 e. The Bertz CT molecular complexity index is 1630. The molecule has 1 N–H and O–H groups in total. The fourth-order valence-electron chi connectivity index (χ4n) is 4.02. The number of hydrogen-bond donors (Lipinski definition) is 1. The third-order valence-corrected chi connectivity index (χ3v) is 5.70. The van der Waals surface area contributed by atoms with E-state index in [0.717, 1.165) is 5.69 Å². The van der Waals surface area contributed by atoms with Gasteiger partial charge in [-0.05, 0) is 12.5 Å². The van der Waals surface area contributed by atoms with E-state index in [9.17, 15) is 18.0 Å². The first-order chi connectivity index (χ1) is 16.6. The van der Waals surface area contributed by atoms with Crippen molar-refractivity contribution in [3.8, 4) is 28.3 Å². The highest BCUT2D eigenvalue weighted by atomic mass is 19.4. The van der Waals surface area contributed by atoms with Crippen LogP contribution >= 0.6 is 0 Å². The molecule has 0 radical (unpaired) electrons. The van der Waals surface area contributed by atoms with Gasteiger partial charge < -0.3 is 19.0 Å². The van der Waals surface area contributed by atoms with Gasteiger partial charge in [-0.1, -0.05) is 30.3 Å². The summed E-state index contributed by atoms with van der Waals surface area (Å²) in [5, 5.41) is 3.66. The highest BCUT2D eigenvalue weighted by molar-refractivity contribution is 5.87. The minimum atomic E-state index is -4.78. The van der Waals surface area contributed by atoms with Crippen molar-refractivity contribution in [1.82, 2.24) is 19.6 Å². The second-order valence-corrected chi connectivity index (χ2v) is 8.19. The Labute approximate surface area is 196 Å². The number of H-pyrrole nitrogens is 1. The van der Waals surface area contributed by atoms with Crippen LogP contribution in [0, 0.1) is 6.92 Å². The zero-order chi connectivity index (χ0) is 25.1. The molecule has 0 bridgehead atoms. The van der Waals surface area contributed by atoms with Crippen LogP contribution in [0.2, 0.25) is 0 Å². The lowest BCUT2D eigenvalue weighted by molar-refractivity contribution is -0.140. The maximum atomic E-state index is 13.9. The average Bonchev–Trinajstić information content (AvgIpc) is 3.40. The number of methoxy groups -OCH3 is 1. The molecule has 0 amide bonds. The summed E-state index contributed by atoms with van der Waals surface area (Å²) in [4.78, 5) is 22.6. The van der Waals surface area contributed by atoms with Crippen molar-refractivity contribution in [3.63, 3.8) is 0 Å². The number of benzene rings is 2. The number of aromatic amines is 1. The van der Waals surface area contributed by atoms with E-state index in [0.29, 0.717) is 21.4 Å². The molecule has 8 nitrogen and oxygen atoms in total. The highest BCUT2D eigenvalue weighted by Gasteiger charge is 2.39. The normalized spacial score (nSPS) is 12.0. The van der Waals surface area contributed by atoms with E-state index in [2.05, 4.69) is 15.1 Å². The number of alkyl halides is 3. The van der Waals surface area contributed by atoms with E-state index in [1.165, 1.54) is 19.2 Å². The zero-order valence-corrected chi connectivity index (χ0v) is 19.2. The summed E-state index contributed by atoms with van der Waals surface area (Å²) >= 11 is 0. The topological polar surface area (TPSA) is 88.7 Å².